The lowest BCUT2D eigenvalue weighted by Gasteiger charge is -2.14. The minimum atomic E-state index is -1.33. The maximum atomic E-state index is 13.2. The van der Waals surface area contributed by atoms with Gasteiger partial charge in [0.15, 0.2) is 0 Å². The normalized spacial score (nSPS) is 11.7. The fourth-order valence-corrected chi connectivity index (χ4v) is 1.67. The second-order valence-corrected chi connectivity index (χ2v) is 4.35. The highest BCUT2D eigenvalue weighted by Crippen LogP contribution is 2.19. The number of carbonyl (C=O) groups is 3. The van der Waals surface area contributed by atoms with Crippen LogP contribution in [0.1, 0.15) is 23.2 Å². The molecular formula is C12H12ClFN2O4. The number of nitrogens with two attached hydrogens (primary N) is 1. The molecule has 1 aromatic carbocycles. The van der Waals surface area contributed by atoms with Crippen molar-refractivity contribution in [3.63, 3.8) is 0 Å². The molecule has 0 heterocycles. The van der Waals surface area contributed by atoms with Crippen LogP contribution < -0.4 is 11.1 Å². The second-order valence-electron chi connectivity index (χ2n) is 3.97. The fourth-order valence-electron chi connectivity index (χ4n) is 1.46. The van der Waals surface area contributed by atoms with Gasteiger partial charge in [-0.3, -0.25) is 9.59 Å². The van der Waals surface area contributed by atoms with Crippen LogP contribution >= 0.6 is 11.6 Å². The molecule has 0 bridgehead atoms. The second kappa shape index (κ2) is 6.85. The summed E-state index contributed by atoms with van der Waals surface area (Å²) >= 11 is 5.62. The van der Waals surface area contributed by atoms with E-state index >= 15 is 0 Å². The first kappa shape index (κ1) is 15.9. The van der Waals surface area contributed by atoms with Gasteiger partial charge >= 0.3 is 5.97 Å². The first-order chi connectivity index (χ1) is 9.32. The van der Waals surface area contributed by atoms with Gasteiger partial charge in [-0.1, -0.05) is 17.7 Å². The van der Waals surface area contributed by atoms with Gasteiger partial charge in [-0.25, -0.2) is 9.18 Å². The van der Waals surface area contributed by atoms with Crippen molar-refractivity contribution >= 4 is 29.4 Å². The summed E-state index contributed by atoms with van der Waals surface area (Å²) in [6.07, 6.45) is -0.364. The molecule has 0 unspecified atom stereocenters. The van der Waals surface area contributed by atoms with E-state index in [9.17, 15) is 18.8 Å². The zero-order valence-electron chi connectivity index (χ0n) is 10.2. The molecule has 1 atom stereocenters. The number of carbonyl (C=O) groups excluding carboxylic acids is 2. The first-order valence-electron chi connectivity index (χ1n) is 5.59. The average Bonchev–Trinajstić information content (AvgIpc) is 2.36. The van der Waals surface area contributed by atoms with Crippen molar-refractivity contribution in [1.82, 2.24) is 5.32 Å². The first-order valence-corrected chi connectivity index (χ1v) is 5.96. The zero-order valence-corrected chi connectivity index (χ0v) is 11.0. The molecule has 0 saturated heterocycles. The van der Waals surface area contributed by atoms with E-state index in [1.807, 2.05) is 0 Å². The lowest BCUT2D eigenvalue weighted by Crippen LogP contribution is -2.41. The topological polar surface area (TPSA) is 109 Å². The summed E-state index contributed by atoms with van der Waals surface area (Å²) in [5.41, 5.74) is 4.73. The van der Waals surface area contributed by atoms with Gasteiger partial charge in [0.1, 0.15) is 11.9 Å². The lowest BCUT2D eigenvalue weighted by molar-refractivity contribution is -0.139. The largest absolute Gasteiger partial charge is 0.480 e. The Morgan fingerprint density at radius 2 is 2.05 bits per heavy atom. The van der Waals surface area contributed by atoms with Gasteiger partial charge in [-0.05, 0) is 18.6 Å². The van der Waals surface area contributed by atoms with E-state index < -0.39 is 34.7 Å². The van der Waals surface area contributed by atoms with Crippen LogP contribution in [0.3, 0.4) is 0 Å². The minimum absolute atomic E-state index is 0.163. The standard InChI is InChI=1S/C12H12ClFN2O4/c13-10-6(2-1-3-7(10)14)11(18)16-8(12(19)20)4-5-9(15)17/h1-3,8H,4-5H2,(H2,15,17)(H,16,18)(H,19,20)/t8-/m1/s1. The van der Waals surface area contributed by atoms with Crippen LogP contribution in [-0.2, 0) is 9.59 Å². The highest BCUT2D eigenvalue weighted by atomic mass is 35.5. The molecule has 0 aromatic heterocycles. The number of aliphatic carboxylic acids is 1. The van der Waals surface area contributed by atoms with Crippen LogP contribution in [0.25, 0.3) is 0 Å². The Balaban J connectivity index is 2.83. The maximum absolute atomic E-state index is 13.2. The molecule has 108 valence electrons. The molecule has 1 aromatic rings. The number of rotatable bonds is 6. The summed E-state index contributed by atoms with van der Waals surface area (Å²) in [4.78, 5) is 33.4. The number of hydrogen-bond donors (Lipinski definition) is 3. The summed E-state index contributed by atoms with van der Waals surface area (Å²) in [6, 6.07) is 2.29. The number of hydrogen-bond acceptors (Lipinski definition) is 3. The third kappa shape index (κ3) is 4.20. The number of nitrogens with one attached hydrogen (secondary N) is 1. The van der Waals surface area contributed by atoms with Crippen molar-refractivity contribution in [2.45, 2.75) is 18.9 Å². The Labute approximate surface area is 118 Å². The van der Waals surface area contributed by atoms with Crippen LogP contribution in [-0.4, -0.2) is 28.9 Å². The van der Waals surface area contributed by atoms with Gasteiger partial charge in [-0.2, -0.15) is 0 Å². The fraction of sp³-hybridized carbons (Fsp3) is 0.250. The molecule has 0 radical (unpaired) electrons. The highest BCUT2D eigenvalue weighted by Gasteiger charge is 2.23. The van der Waals surface area contributed by atoms with Crippen molar-refractivity contribution in [3.8, 4) is 0 Å². The Morgan fingerprint density at radius 1 is 1.40 bits per heavy atom. The summed E-state index contributed by atoms with van der Waals surface area (Å²) in [6.45, 7) is 0. The molecule has 6 nitrogen and oxygen atoms in total. The number of benzene rings is 1. The number of amides is 2. The Morgan fingerprint density at radius 3 is 2.60 bits per heavy atom. The van der Waals surface area contributed by atoms with Crippen LogP contribution in [0.5, 0.6) is 0 Å². The average molecular weight is 303 g/mol. The molecule has 0 aliphatic heterocycles. The van der Waals surface area contributed by atoms with E-state index in [-0.39, 0.29) is 18.4 Å². The Bertz CT molecular complexity index is 550. The lowest BCUT2D eigenvalue weighted by atomic mass is 10.1. The molecule has 0 aliphatic carbocycles. The Kier molecular flexibility index (Phi) is 5.45. The van der Waals surface area contributed by atoms with E-state index in [0.717, 1.165) is 6.07 Å². The quantitative estimate of drug-likeness (QED) is 0.726. The van der Waals surface area contributed by atoms with E-state index in [1.165, 1.54) is 12.1 Å². The van der Waals surface area contributed by atoms with Crippen molar-refractivity contribution < 1.29 is 23.9 Å². The molecule has 2 amide bonds. The smallest absolute Gasteiger partial charge is 0.326 e. The summed E-state index contributed by atoms with van der Waals surface area (Å²) in [5.74, 6) is -3.64. The maximum Gasteiger partial charge on any atom is 0.326 e. The SMILES string of the molecule is NC(=O)CC[C@@H](NC(=O)c1cccc(F)c1Cl)C(=O)O. The van der Waals surface area contributed by atoms with Gasteiger partial charge in [-0.15, -0.1) is 0 Å². The van der Waals surface area contributed by atoms with Crippen molar-refractivity contribution in [3.05, 3.63) is 34.6 Å². The molecule has 0 aliphatic rings. The van der Waals surface area contributed by atoms with E-state index in [1.54, 1.807) is 0 Å². The van der Waals surface area contributed by atoms with Crippen molar-refractivity contribution in [2.75, 3.05) is 0 Å². The number of carboxylic acid groups (broad SMARTS) is 1. The minimum Gasteiger partial charge on any atom is -0.480 e. The van der Waals surface area contributed by atoms with Crippen LogP contribution in [0.2, 0.25) is 5.02 Å². The third-order valence-electron chi connectivity index (χ3n) is 2.48. The van der Waals surface area contributed by atoms with Gasteiger partial charge in [0.25, 0.3) is 5.91 Å². The number of carboxylic acids is 1. The molecule has 4 N–H and O–H groups in total. The summed E-state index contributed by atoms with van der Waals surface area (Å²) < 4.78 is 13.2. The molecule has 8 heteroatoms. The van der Waals surface area contributed by atoms with Gasteiger partial charge in [0.05, 0.1) is 10.6 Å². The van der Waals surface area contributed by atoms with Gasteiger partial charge in [0, 0.05) is 6.42 Å². The number of halogens is 2. The van der Waals surface area contributed by atoms with Crippen molar-refractivity contribution in [2.24, 2.45) is 5.73 Å². The van der Waals surface area contributed by atoms with Crippen molar-refractivity contribution in [1.29, 1.82) is 0 Å². The van der Waals surface area contributed by atoms with E-state index in [2.05, 4.69) is 5.32 Å². The highest BCUT2D eigenvalue weighted by molar-refractivity contribution is 6.34. The molecular weight excluding hydrogens is 291 g/mol. The van der Waals surface area contributed by atoms with Crippen LogP contribution in [0, 0.1) is 5.82 Å². The molecule has 0 fully saturated rings. The molecule has 0 saturated carbocycles. The monoisotopic (exact) mass is 302 g/mol. The van der Waals surface area contributed by atoms with Crippen LogP contribution in [0.15, 0.2) is 18.2 Å². The Hall–Kier alpha value is -2.15. The summed E-state index contributed by atoms with van der Waals surface area (Å²) in [7, 11) is 0. The molecule has 0 spiro atoms. The zero-order chi connectivity index (χ0) is 15.3. The molecule has 20 heavy (non-hydrogen) atoms. The third-order valence-corrected chi connectivity index (χ3v) is 2.86. The predicted octanol–water partition coefficient (Wildman–Crippen LogP) is 0.928. The van der Waals surface area contributed by atoms with Gasteiger partial charge in [0.2, 0.25) is 5.91 Å². The number of primary amides is 1. The van der Waals surface area contributed by atoms with E-state index in [0.29, 0.717) is 0 Å². The van der Waals surface area contributed by atoms with Crippen LogP contribution in [0.4, 0.5) is 4.39 Å². The predicted molar refractivity (Wildman–Crippen MR) is 68.7 cm³/mol. The van der Waals surface area contributed by atoms with Gasteiger partial charge < -0.3 is 16.2 Å². The molecule has 1 rings (SSSR count). The van der Waals surface area contributed by atoms with E-state index in [4.69, 9.17) is 22.4 Å². The summed E-state index contributed by atoms with van der Waals surface area (Å²) in [5, 5.41) is 10.7.